The van der Waals surface area contributed by atoms with Crippen molar-refractivity contribution in [1.82, 2.24) is 0 Å². The maximum atomic E-state index is 4.09. The molecule has 0 bridgehead atoms. The van der Waals surface area contributed by atoms with E-state index < -0.39 is 0 Å². The molecule has 0 saturated carbocycles. The summed E-state index contributed by atoms with van der Waals surface area (Å²) in [6, 6.07) is 0. The van der Waals surface area contributed by atoms with Gasteiger partial charge in [0.1, 0.15) is 0 Å². The van der Waals surface area contributed by atoms with Crippen LogP contribution in [0.25, 0.3) is 0 Å². The van der Waals surface area contributed by atoms with E-state index in [-0.39, 0.29) is 0 Å². The zero-order valence-electron chi connectivity index (χ0n) is 9.03. The average molecular weight is 304 g/mol. The van der Waals surface area contributed by atoms with E-state index in [1.54, 1.807) is 0 Å². The van der Waals surface area contributed by atoms with Gasteiger partial charge < -0.3 is 0 Å². The SMILES string of the molecule is C=CCCCCC(=C)CCCC(=C)I. The van der Waals surface area contributed by atoms with Gasteiger partial charge in [0.25, 0.3) is 0 Å². The van der Waals surface area contributed by atoms with E-state index in [9.17, 15) is 0 Å². The van der Waals surface area contributed by atoms with Crippen LogP contribution in [-0.2, 0) is 0 Å². The zero-order chi connectivity index (χ0) is 10.8. The Morgan fingerprint density at radius 3 is 2.21 bits per heavy atom. The Balaban J connectivity index is 3.28. The fourth-order valence-corrected chi connectivity index (χ4v) is 1.70. The topological polar surface area (TPSA) is 0 Å². The summed E-state index contributed by atoms with van der Waals surface area (Å²) >= 11 is 2.29. The van der Waals surface area contributed by atoms with Gasteiger partial charge in [0.15, 0.2) is 0 Å². The van der Waals surface area contributed by atoms with Gasteiger partial charge in [-0.2, -0.15) is 0 Å². The van der Waals surface area contributed by atoms with Crippen LogP contribution in [0.2, 0.25) is 0 Å². The molecule has 0 rings (SSSR count). The molecule has 0 N–H and O–H groups in total. The molecule has 0 nitrogen and oxygen atoms in total. The van der Waals surface area contributed by atoms with Gasteiger partial charge in [0.2, 0.25) is 0 Å². The Morgan fingerprint density at radius 1 is 1.00 bits per heavy atom. The molecule has 0 spiro atoms. The van der Waals surface area contributed by atoms with E-state index in [0.717, 1.165) is 19.3 Å². The molecule has 0 radical (unpaired) electrons. The highest BCUT2D eigenvalue weighted by atomic mass is 127. The summed E-state index contributed by atoms with van der Waals surface area (Å²) in [5, 5.41) is 0. The molecule has 0 saturated heterocycles. The number of allylic oxidation sites excluding steroid dienone is 3. The van der Waals surface area contributed by atoms with Gasteiger partial charge in [-0.15, -0.1) is 6.58 Å². The Labute approximate surface area is 102 Å². The minimum atomic E-state index is 1.13. The lowest BCUT2D eigenvalue weighted by molar-refractivity contribution is 0.705. The van der Waals surface area contributed by atoms with Crippen molar-refractivity contribution in [3.8, 4) is 0 Å². The number of hydrogen-bond acceptors (Lipinski definition) is 0. The van der Waals surface area contributed by atoms with Crippen molar-refractivity contribution >= 4 is 22.6 Å². The van der Waals surface area contributed by atoms with E-state index >= 15 is 0 Å². The van der Waals surface area contributed by atoms with Gasteiger partial charge in [0.05, 0.1) is 0 Å². The number of hydrogen-bond donors (Lipinski definition) is 0. The summed E-state index contributed by atoms with van der Waals surface area (Å²) in [7, 11) is 0. The molecule has 0 aliphatic carbocycles. The van der Waals surface area contributed by atoms with Crippen LogP contribution in [0.4, 0.5) is 0 Å². The standard InChI is InChI=1S/C13H21I/c1-4-5-6-7-9-12(2)10-8-11-13(3)14/h4H,1-3,5-11H2. The molecular formula is C13H21I. The molecule has 1 heteroatoms. The number of halogens is 1. The summed E-state index contributed by atoms with van der Waals surface area (Å²) in [6.07, 6.45) is 10.3. The summed E-state index contributed by atoms with van der Waals surface area (Å²) in [4.78, 5) is 0. The van der Waals surface area contributed by atoms with Gasteiger partial charge in [-0.05, 0) is 71.1 Å². The van der Waals surface area contributed by atoms with Crippen LogP contribution in [0, 0.1) is 0 Å². The van der Waals surface area contributed by atoms with E-state index in [2.05, 4.69) is 42.3 Å². The highest BCUT2D eigenvalue weighted by molar-refractivity contribution is 14.1. The predicted molar refractivity (Wildman–Crippen MR) is 74.8 cm³/mol. The van der Waals surface area contributed by atoms with Gasteiger partial charge in [0, 0.05) is 0 Å². The monoisotopic (exact) mass is 304 g/mol. The molecule has 0 aromatic carbocycles. The minimum Gasteiger partial charge on any atom is -0.103 e. The maximum absolute atomic E-state index is 4.09. The summed E-state index contributed by atoms with van der Waals surface area (Å²) in [5.41, 5.74) is 1.40. The number of rotatable bonds is 9. The van der Waals surface area contributed by atoms with Gasteiger partial charge >= 0.3 is 0 Å². The summed E-state index contributed by atoms with van der Waals surface area (Å²) < 4.78 is 1.25. The third kappa shape index (κ3) is 10.0. The second-order valence-electron chi connectivity index (χ2n) is 3.66. The fraction of sp³-hybridized carbons (Fsp3) is 0.538. The van der Waals surface area contributed by atoms with Crippen molar-refractivity contribution in [2.24, 2.45) is 0 Å². The second-order valence-corrected chi connectivity index (χ2v) is 5.18. The van der Waals surface area contributed by atoms with E-state index in [0.29, 0.717) is 0 Å². The third-order valence-electron chi connectivity index (χ3n) is 2.17. The lowest BCUT2D eigenvalue weighted by atomic mass is 10.0. The molecule has 0 aromatic rings. The Bertz CT molecular complexity index is 191. The smallest absolute Gasteiger partial charge is 0.0166 e. The van der Waals surface area contributed by atoms with E-state index in [1.165, 1.54) is 34.8 Å². The number of unbranched alkanes of at least 4 members (excludes halogenated alkanes) is 2. The summed E-state index contributed by atoms with van der Waals surface area (Å²) in [6.45, 7) is 11.7. The molecular weight excluding hydrogens is 283 g/mol. The second kappa shape index (κ2) is 9.50. The highest BCUT2D eigenvalue weighted by Gasteiger charge is 1.96. The molecule has 0 fully saturated rings. The van der Waals surface area contributed by atoms with Crippen molar-refractivity contribution < 1.29 is 0 Å². The van der Waals surface area contributed by atoms with E-state index in [4.69, 9.17) is 0 Å². The van der Waals surface area contributed by atoms with E-state index in [1.807, 2.05) is 6.08 Å². The minimum absolute atomic E-state index is 1.13. The van der Waals surface area contributed by atoms with Crippen molar-refractivity contribution in [2.45, 2.75) is 44.9 Å². The zero-order valence-corrected chi connectivity index (χ0v) is 11.2. The Morgan fingerprint density at radius 2 is 1.64 bits per heavy atom. The quantitative estimate of drug-likeness (QED) is 0.303. The van der Waals surface area contributed by atoms with Crippen LogP contribution in [0.15, 0.2) is 35.0 Å². The molecule has 0 heterocycles. The van der Waals surface area contributed by atoms with Crippen molar-refractivity contribution in [3.05, 3.63) is 35.0 Å². The van der Waals surface area contributed by atoms with Gasteiger partial charge in [-0.1, -0.05) is 24.8 Å². The van der Waals surface area contributed by atoms with Crippen molar-refractivity contribution in [1.29, 1.82) is 0 Å². The first-order valence-corrected chi connectivity index (χ1v) is 6.35. The molecule has 14 heavy (non-hydrogen) atoms. The third-order valence-corrected chi connectivity index (χ3v) is 2.71. The summed E-state index contributed by atoms with van der Waals surface area (Å²) in [5.74, 6) is 0. The predicted octanol–water partition coefficient (Wildman–Crippen LogP) is 5.41. The highest BCUT2D eigenvalue weighted by Crippen LogP contribution is 2.17. The molecule has 0 aliphatic rings. The first-order chi connectivity index (χ1) is 6.66. The molecule has 80 valence electrons. The van der Waals surface area contributed by atoms with Crippen molar-refractivity contribution in [2.75, 3.05) is 0 Å². The van der Waals surface area contributed by atoms with Crippen molar-refractivity contribution in [3.63, 3.8) is 0 Å². The molecule has 0 aliphatic heterocycles. The van der Waals surface area contributed by atoms with Crippen LogP contribution >= 0.6 is 22.6 Å². The fourth-order valence-electron chi connectivity index (χ4n) is 1.32. The molecule has 0 atom stereocenters. The normalized spacial score (nSPS) is 9.79. The molecule has 0 amide bonds. The van der Waals surface area contributed by atoms with Gasteiger partial charge in [-0.25, -0.2) is 0 Å². The van der Waals surface area contributed by atoms with Crippen LogP contribution in [0.5, 0.6) is 0 Å². The lowest BCUT2D eigenvalue weighted by Gasteiger charge is -2.04. The Hall–Kier alpha value is -0.0500. The van der Waals surface area contributed by atoms with Crippen LogP contribution in [-0.4, -0.2) is 0 Å². The molecule has 0 aromatic heterocycles. The molecule has 0 unspecified atom stereocenters. The van der Waals surface area contributed by atoms with Crippen LogP contribution in [0.1, 0.15) is 44.9 Å². The first kappa shape index (κ1) is 13.9. The largest absolute Gasteiger partial charge is 0.103 e. The first-order valence-electron chi connectivity index (χ1n) is 5.27. The average Bonchev–Trinajstić information content (AvgIpc) is 2.12. The maximum Gasteiger partial charge on any atom is -0.0166 e. The lowest BCUT2D eigenvalue weighted by Crippen LogP contribution is -1.84. The van der Waals surface area contributed by atoms with Crippen LogP contribution < -0.4 is 0 Å². The Kier molecular flexibility index (Phi) is 9.47. The van der Waals surface area contributed by atoms with Gasteiger partial charge in [-0.3, -0.25) is 0 Å². The van der Waals surface area contributed by atoms with Crippen LogP contribution in [0.3, 0.4) is 0 Å².